The molecule has 3 aromatic carbocycles. The van der Waals surface area contributed by atoms with Crippen molar-refractivity contribution < 1.29 is 28.9 Å². The minimum absolute atomic E-state index is 0.0513. The molecule has 2 N–H and O–H groups in total. The molecule has 13 heteroatoms. The van der Waals surface area contributed by atoms with Crippen molar-refractivity contribution in [2.75, 3.05) is 19.0 Å². The Morgan fingerprint density at radius 1 is 1.00 bits per heavy atom. The average Bonchev–Trinajstić information content (AvgIpc) is 2.92. The highest BCUT2D eigenvalue weighted by atomic mass is 35.5. The van der Waals surface area contributed by atoms with Crippen molar-refractivity contribution in [2.45, 2.75) is 19.4 Å². The first-order valence-electron chi connectivity index (χ1n) is 11.8. The standard InChI is InChI=1S/C27H24Cl2N4O7/c1-3-40-27(36)22(31-26(35)24(32-39-2)17-9-13-19(14-10-17)33(37)38)15-16-7-11-18(12-8-16)30-25(34)23-20(28)5-4-6-21(23)29/h4-14,22H,3,15H2,1-2H3,(H,30,34)(H,31,35)/t22-/m0/s1. The van der Waals surface area contributed by atoms with Crippen LogP contribution in [0.3, 0.4) is 0 Å². The van der Waals surface area contributed by atoms with E-state index < -0.39 is 28.7 Å². The number of nitro benzene ring substituents is 1. The molecule has 0 spiro atoms. The smallest absolute Gasteiger partial charge is 0.328 e. The number of carbonyl (C=O) groups excluding carboxylic acids is 3. The lowest BCUT2D eigenvalue weighted by Crippen LogP contribution is -2.46. The molecule has 0 aromatic heterocycles. The third kappa shape index (κ3) is 7.78. The zero-order chi connectivity index (χ0) is 29.2. The van der Waals surface area contributed by atoms with Gasteiger partial charge in [0, 0.05) is 29.8 Å². The summed E-state index contributed by atoms with van der Waals surface area (Å²) in [5.74, 6) is -1.92. The molecular weight excluding hydrogens is 563 g/mol. The Labute approximate surface area is 239 Å². The van der Waals surface area contributed by atoms with Gasteiger partial charge in [-0.15, -0.1) is 0 Å². The Morgan fingerprint density at radius 2 is 1.62 bits per heavy atom. The van der Waals surface area contributed by atoms with Gasteiger partial charge in [-0.05, 0) is 48.9 Å². The first kappa shape index (κ1) is 30.1. The fourth-order valence-corrected chi connectivity index (χ4v) is 4.16. The van der Waals surface area contributed by atoms with Crippen LogP contribution >= 0.6 is 23.2 Å². The van der Waals surface area contributed by atoms with Gasteiger partial charge in [-0.1, -0.05) is 46.6 Å². The number of hydrogen-bond acceptors (Lipinski definition) is 8. The predicted octanol–water partition coefficient (Wildman–Crippen LogP) is 4.80. The summed E-state index contributed by atoms with van der Waals surface area (Å²) in [5, 5.41) is 20.4. The molecule has 1 atom stereocenters. The molecule has 40 heavy (non-hydrogen) atoms. The van der Waals surface area contributed by atoms with E-state index in [2.05, 4.69) is 15.8 Å². The van der Waals surface area contributed by atoms with Gasteiger partial charge in [-0.2, -0.15) is 0 Å². The molecule has 208 valence electrons. The number of hydrogen-bond donors (Lipinski definition) is 2. The third-order valence-electron chi connectivity index (χ3n) is 5.47. The van der Waals surface area contributed by atoms with Gasteiger partial charge in [-0.3, -0.25) is 19.7 Å². The van der Waals surface area contributed by atoms with Gasteiger partial charge in [0.15, 0.2) is 5.71 Å². The number of nitrogens with one attached hydrogen (secondary N) is 2. The normalized spacial score (nSPS) is 11.8. The molecule has 0 bridgehead atoms. The molecule has 0 heterocycles. The molecular formula is C27H24Cl2N4O7. The van der Waals surface area contributed by atoms with Crippen LogP contribution in [0.15, 0.2) is 71.9 Å². The van der Waals surface area contributed by atoms with Crippen LogP contribution in [0.25, 0.3) is 0 Å². The maximum atomic E-state index is 13.1. The number of esters is 1. The van der Waals surface area contributed by atoms with Crippen molar-refractivity contribution >= 4 is 58.1 Å². The van der Waals surface area contributed by atoms with E-state index in [1.165, 1.54) is 31.4 Å². The Kier molecular flexibility index (Phi) is 10.6. The van der Waals surface area contributed by atoms with Crippen molar-refractivity contribution in [3.05, 3.63) is 104 Å². The number of amides is 2. The van der Waals surface area contributed by atoms with Crippen LogP contribution in [0.4, 0.5) is 11.4 Å². The number of nitrogens with zero attached hydrogens (tertiary/aromatic N) is 2. The first-order chi connectivity index (χ1) is 19.1. The second-order valence-corrected chi connectivity index (χ2v) is 8.97. The van der Waals surface area contributed by atoms with Gasteiger partial charge in [0.25, 0.3) is 17.5 Å². The van der Waals surface area contributed by atoms with Gasteiger partial charge in [0.05, 0.1) is 27.1 Å². The summed E-state index contributed by atoms with van der Waals surface area (Å²) >= 11 is 12.2. The molecule has 11 nitrogen and oxygen atoms in total. The van der Waals surface area contributed by atoms with Crippen LogP contribution in [-0.2, 0) is 25.6 Å². The number of oxime groups is 1. The number of halogens is 2. The van der Waals surface area contributed by atoms with E-state index in [0.717, 1.165) is 0 Å². The molecule has 0 aliphatic heterocycles. The van der Waals surface area contributed by atoms with E-state index in [1.807, 2.05) is 0 Å². The number of anilines is 1. The summed E-state index contributed by atoms with van der Waals surface area (Å²) in [6.07, 6.45) is 0.0513. The highest BCUT2D eigenvalue weighted by Crippen LogP contribution is 2.25. The summed E-state index contributed by atoms with van der Waals surface area (Å²) in [7, 11) is 1.24. The lowest BCUT2D eigenvalue weighted by Gasteiger charge is -2.18. The fourth-order valence-electron chi connectivity index (χ4n) is 3.59. The van der Waals surface area contributed by atoms with E-state index >= 15 is 0 Å². The minimum atomic E-state index is -1.10. The van der Waals surface area contributed by atoms with Gasteiger partial charge < -0.3 is 20.2 Å². The molecule has 3 rings (SSSR count). The molecule has 3 aromatic rings. The van der Waals surface area contributed by atoms with Gasteiger partial charge in [0.1, 0.15) is 13.2 Å². The van der Waals surface area contributed by atoms with Gasteiger partial charge >= 0.3 is 5.97 Å². The zero-order valence-corrected chi connectivity index (χ0v) is 22.9. The van der Waals surface area contributed by atoms with Crippen LogP contribution in [-0.4, -0.2) is 48.2 Å². The number of ether oxygens (including phenoxy) is 1. The van der Waals surface area contributed by atoms with Crippen LogP contribution in [0.1, 0.15) is 28.4 Å². The first-order valence-corrected chi connectivity index (χ1v) is 12.6. The van der Waals surface area contributed by atoms with E-state index in [4.69, 9.17) is 32.8 Å². The lowest BCUT2D eigenvalue weighted by atomic mass is 10.0. The summed E-state index contributed by atoms with van der Waals surface area (Å²) in [5.41, 5.74) is 1.12. The Hall–Kier alpha value is -4.48. The van der Waals surface area contributed by atoms with E-state index in [9.17, 15) is 24.5 Å². The monoisotopic (exact) mass is 586 g/mol. The van der Waals surface area contributed by atoms with Crippen molar-refractivity contribution in [1.29, 1.82) is 0 Å². The third-order valence-corrected chi connectivity index (χ3v) is 6.10. The number of rotatable bonds is 11. The number of non-ortho nitro benzene ring substituents is 1. The van der Waals surface area contributed by atoms with Crippen molar-refractivity contribution in [3.8, 4) is 0 Å². The quantitative estimate of drug-likeness (QED) is 0.142. The number of benzene rings is 3. The van der Waals surface area contributed by atoms with Crippen LogP contribution < -0.4 is 10.6 Å². The molecule has 0 aliphatic carbocycles. The Bertz CT molecular complexity index is 1410. The molecule has 0 saturated carbocycles. The van der Waals surface area contributed by atoms with E-state index in [0.29, 0.717) is 11.3 Å². The lowest BCUT2D eigenvalue weighted by molar-refractivity contribution is -0.384. The molecule has 0 saturated heterocycles. The largest absolute Gasteiger partial charge is 0.464 e. The number of nitro groups is 1. The summed E-state index contributed by atoms with van der Waals surface area (Å²) in [6, 6.07) is 15.3. The summed E-state index contributed by atoms with van der Waals surface area (Å²) in [4.78, 5) is 53.6. The summed E-state index contributed by atoms with van der Waals surface area (Å²) < 4.78 is 5.13. The second-order valence-electron chi connectivity index (χ2n) is 8.16. The molecule has 2 amide bonds. The maximum absolute atomic E-state index is 13.1. The zero-order valence-electron chi connectivity index (χ0n) is 21.4. The average molecular weight is 587 g/mol. The van der Waals surface area contributed by atoms with Crippen molar-refractivity contribution in [3.63, 3.8) is 0 Å². The predicted molar refractivity (Wildman–Crippen MR) is 150 cm³/mol. The topological polar surface area (TPSA) is 149 Å². The van der Waals surface area contributed by atoms with Crippen LogP contribution in [0, 0.1) is 10.1 Å². The highest BCUT2D eigenvalue weighted by molar-refractivity contribution is 6.45. The Balaban J connectivity index is 1.76. The van der Waals surface area contributed by atoms with Crippen molar-refractivity contribution in [2.24, 2.45) is 5.16 Å². The summed E-state index contributed by atoms with van der Waals surface area (Å²) in [6.45, 7) is 1.72. The Morgan fingerprint density at radius 3 is 2.17 bits per heavy atom. The van der Waals surface area contributed by atoms with E-state index in [-0.39, 0.29) is 45.6 Å². The van der Waals surface area contributed by atoms with Crippen LogP contribution in [0.2, 0.25) is 10.0 Å². The van der Waals surface area contributed by atoms with Crippen molar-refractivity contribution in [1.82, 2.24) is 5.32 Å². The van der Waals surface area contributed by atoms with Gasteiger partial charge in [0.2, 0.25) is 0 Å². The maximum Gasteiger partial charge on any atom is 0.328 e. The fraction of sp³-hybridized carbons (Fsp3) is 0.185. The minimum Gasteiger partial charge on any atom is -0.464 e. The SMILES string of the molecule is CCOC(=O)[C@H](Cc1ccc(NC(=O)c2c(Cl)cccc2Cl)cc1)NC(=O)C(=NOC)c1ccc([N+](=O)[O-])cc1. The molecule has 0 fully saturated rings. The molecule has 0 aliphatic rings. The van der Waals surface area contributed by atoms with Gasteiger partial charge in [-0.25, -0.2) is 4.79 Å². The van der Waals surface area contributed by atoms with Crippen LogP contribution in [0.5, 0.6) is 0 Å². The molecule has 0 unspecified atom stereocenters. The highest BCUT2D eigenvalue weighted by Gasteiger charge is 2.26. The number of carbonyl (C=O) groups is 3. The van der Waals surface area contributed by atoms with E-state index in [1.54, 1.807) is 49.4 Å². The second kappa shape index (κ2) is 14.1. The molecule has 0 radical (unpaired) electrons.